The summed E-state index contributed by atoms with van der Waals surface area (Å²) >= 11 is 7.78. The fourth-order valence-electron chi connectivity index (χ4n) is 4.25. The van der Waals surface area contributed by atoms with Crippen molar-refractivity contribution in [1.82, 2.24) is 14.4 Å². The maximum absolute atomic E-state index is 11.5. The summed E-state index contributed by atoms with van der Waals surface area (Å²) in [6.45, 7) is 0. The number of nitrogens with two attached hydrogens (primary N) is 1. The van der Waals surface area contributed by atoms with Gasteiger partial charge in [0.05, 0.1) is 5.39 Å². The molecule has 140 valence electrons. The normalized spacial score (nSPS) is 25.6. The average molecular weight is 395 g/mol. The van der Waals surface area contributed by atoms with Crippen LogP contribution < -0.4 is 10.5 Å². The Morgan fingerprint density at radius 2 is 2.12 bits per heavy atom. The first-order chi connectivity index (χ1) is 12.5. The van der Waals surface area contributed by atoms with E-state index in [1.54, 1.807) is 22.1 Å². The highest BCUT2D eigenvalue weighted by molar-refractivity contribution is 7.19. The van der Waals surface area contributed by atoms with E-state index < -0.39 is 0 Å². The van der Waals surface area contributed by atoms with Gasteiger partial charge in [-0.25, -0.2) is 14.4 Å². The van der Waals surface area contributed by atoms with E-state index in [9.17, 15) is 4.79 Å². The summed E-state index contributed by atoms with van der Waals surface area (Å²) < 4.78 is 8.09. The molecule has 0 aromatic carbocycles. The summed E-state index contributed by atoms with van der Waals surface area (Å²) in [6, 6.07) is 0.410. The highest BCUT2D eigenvalue weighted by Crippen LogP contribution is 2.47. The van der Waals surface area contributed by atoms with Crippen LogP contribution in [0, 0.1) is 0 Å². The summed E-state index contributed by atoms with van der Waals surface area (Å²) in [6.07, 6.45) is 7.99. The van der Waals surface area contributed by atoms with Crippen molar-refractivity contribution in [2.24, 2.45) is 5.73 Å². The molecule has 0 radical (unpaired) electrons. The van der Waals surface area contributed by atoms with Gasteiger partial charge in [0.15, 0.2) is 0 Å². The number of rotatable bonds is 5. The molecular formula is C18H23ClN4O2S. The summed E-state index contributed by atoms with van der Waals surface area (Å²) in [4.78, 5) is 22.6. The lowest BCUT2D eigenvalue weighted by Crippen LogP contribution is -2.33. The standard InChI is InChI=1S/C18H23ClN4O2S/c1-23(19)11-3-5-12(6-4-11)25-17-16-15-10(8-14(20)24)2-7-13(15)26-18(16)22-9-21-17/h9-12H,2-8H2,1H3,(H2,20,24)/t10-,11?,12?/m1/s1. The molecular weight excluding hydrogens is 372 g/mol. The van der Waals surface area contributed by atoms with Crippen LogP contribution in [0.4, 0.5) is 0 Å². The Morgan fingerprint density at radius 1 is 1.35 bits per heavy atom. The fraction of sp³-hybridized carbons (Fsp3) is 0.611. The van der Waals surface area contributed by atoms with Crippen molar-refractivity contribution < 1.29 is 9.53 Å². The van der Waals surface area contributed by atoms with Gasteiger partial charge >= 0.3 is 0 Å². The van der Waals surface area contributed by atoms with Gasteiger partial charge in [0.1, 0.15) is 17.3 Å². The number of nitrogens with zero attached hydrogens (tertiary/aromatic N) is 3. The number of halogens is 1. The summed E-state index contributed by atoms with van der Waals surface area (Å²) in [5.74, 6) is 0.557. The zero-order chi connectivity index (χ0) is 18.3. The second-order valence-electron chi connectivity index (χ2n) is 7.28. The Kier molecular flexibility index (Phi) is 5.03. The first-order valence-corrected chi connectivity index (χ1v) is 10.3. The van der Waals surface area contributed by atoms with Crippen LogP contribution in [0.3, 0.4) is 0 Å². The van der Waals surface area contributed by atoms with Crippen molar-refractivity contribution in [3.05, 3.63) is 16.8 Å². The molecule has 1 saturated carbocycles. The molecule has 1 atom stereocenters. The van der Waals surface area contributed by atoms with Gasteiger partial charge in [-0.3, -0.25) is 4.79 Å². The Labute approximate surface area is 161 Å². The Bertz CT molecular complexity index is 817. The number of primary amides is 1. The number of hydrogen-bond donors (Lipinski definition) is 1. The number of thiophene rings is 1. The SMILES string of the molecule is CN(Cl)C1CCC(Oc2ncnc3sc4c(c23)[C@@H](CC(N)=O)CC4)CC1. The monoisotopic (exact) mass is 394 g/mol. The van der Waals surface area contributed by atoms with Crippen molar-refractivity contribution in [1.29, 1.82) is 0 Å². The fourth-order valence-corrected chi connectivity index (χ4v) is 5.68. The summed E-state index contributed by atoms with van der Waals surface area (Å²) in [5, 5.41) is 0.993. The van der Waals surface area contributed by atoms with Gasteiger partial charge in [-0.1, -0.05) is 0 Å². The minimum absolute atomic E-state index is 0.146. The molecule has 6 nitrogen and oxygen atoms in total. The topological polar surface area (TPSA) is 81.3 Å². The predicted molar refractivity (Wildman–Crippen MR) is 103 cm³/mol. The van der Waals surface area contributed by atoms with Gasteiger partial charge in [-0.15, -0.1) is 11.3 Å². The van der Waals surface area contributed by atoms with E-state index in [1.165, 1.54) is 10.4 Å². The third kappa shape index (κ3) is 3.40. The number of hydrogen-bond acceptors (Lipinski definition) is 6. The number of carbonyl (C=O) groups excluding carboxylic acids is 1. The zero-order valence-electron chi connectivity index (χ0n) is 14.8. The summed E-state index contributed by atoms with van der Waals surface area (Å²) in [7, 11) is 1.91. The lowest BCUT2D eigenvalue weighted by Gasteiger charge is -2.31. The minimum Gasteiger partial charge on any atom is -0.474 e. The predicted octanol–water partition coefficient (Wildman–Crippen LogP) is 3.37. The molecule has 2 N–H and O–H groups in total. The van der Waals surface area contributed by atoms with Crippen LogP contribution in [0.15, 0.2) is 6.33 Å². The largest absolute Gasteiger partial charge is 0.474 e. The van der Waals surface area contributed by atoms with Crippen LogP contribution in [-0.2, 0) is 11.2 Å². The zero-order valence-corrected chi connectivity index (χ0v) is 16.4. The minimum atomic E-state index is -0.259. The van der Waals surface area contributed by atoms with Crippen molar-refractivity contribution in [3.63, 3.8) is 0 Å². The number of carbonyl (C=O) groups is 1. The third-order valence-electron chi connectivity index (χ3n) is 5.57. The molecule has 0 unspecified atom stereocenters. The summed E-state index contributed by atoms with van der Waals surface area (Å²) in [5.41, 5.74) is 6.64. The highest BCUT2D eigenvalue weighted by atomic mass is 35.5. The van der Waals surface area contributed by atoms with Crippen molar-refractivity contribution in [3.8, 4) is 5.88 Å². The highest BCUT2D eigenvalue weighted by Gasteiger charge is 2.32. The molecule has 0 aliphatic heterocycles. The second-order valence-corrected chi connectivity index (χ2v) is 8.89. The molecule has 26 heavy (non-hydrogen) atoms. The lowest BCUT2D eigenvalue weighted by atomic mass is 9.93. The van der Waals surface area contributed by atoms with Gasteiger partial charge < -0.3 is 10.5 Å². The van der Waals surface area contributed by atoms with Crippen LogP contribution in [-0.4, -0.2) is 39.5 Å². The molecule has 2 aromatic rings. The maximum Gasteiger partial charge on any atom is 0.225 e. The third-order valence-corrected chi connectivity index (χ3v) is 7.02. The Hall–Kier alpha value is -1.44. The molecule has 1 amide bonds. The van der Waals surface area contributed by atoms with Gasteiger partial charge in [0, 0.05) is 24.4 Å². The number of ether oxygens (including phenoxy) is 1. The van der Waals surface area contributed by atoms with Crippen LogP contribution in [0.2, 0.25) is 0 Å². The van der Waals surface area contributed by atoms with Crippen molar-refractivity contribution in [2.45, 2.75) is 63.0 Å². The number of amides is 1. The van der Waals surface area contributed by atoms with Crippen LogP contribution in [0.1, 0.15) is 54.9 Å². The molecule has 2 aliphatic carbocycles. The van der Waals surface area contributed by atoms with E-state index in [1.807, 2.05) is 7.05 Å². The molecule has 0 saturated heterocycles. The van der Waals surface area contributed by atoms with E-state index in [0.717, 1.165) is 48.7 Å². The first kappa shape index (κ1) is 17.9. The van der Waals surface area contributed by atoms with Crippen molar-refractivity contribution in [2.75, 3.05) is 7.05 Å². The van der Waals surface area contributed by atoms with Crippen molar-refractivity contribution >= 4 is 39.2 Å². The average Bonchev–Trinajstić information content (AvgIpc) is 3.15. The van der Waals surface area contributed by atoms with Gasteiger partial charge in [0.25, 0.3) is 0 Å². The number of fused-ring (bicyclic) bond motifs is 3. The van der Waals surface area contributed by atoms with E-state index in [0.29, 0.717) is 18.3 Å². The molecule has 2 heterocycles. The number of aryl methyl sites for hydroxylation is 1. The van der Waals surface area contributed by atoms with Crippen LogP contribution >= 0.6 is 23.1 Å². The molecule has 0 bridgehead atoms. The molecule has 2 aliphatic rings. The smallest absolute Gasteiger partial charge is 0.225 e. The van der Waals surface area contributed by atoms with E-state index in [2.05, 4.69) is 9.97 Å². The maximum atomic E-state index is 11.5. The van der Waals surface area contributed by atoms with Crippen LogP contribution in [0.5, 0.6) is 5.88 Å². The Morgan fingerprint density at radius 3 is 2.81 bits per heavy atom. The number of aromatic nitrogens is 2. The second kappa shape index (κ2) is 7.29. The molecule has 8 heteroatoms. The lowest BCUT2D eigenvalue weighted by molar-refractivity contribution is -0.118. The molecule has 1 fully saturated rings. The van der Waals surface area contributed by atoms with Gasteiger partial charge in [-0.2, -0.15) is 0 Å². The quantitative estimate of drug-likeness (QED) is 0.786. The first-order valence-electron chi connectivity index (χ1n) is 9.12. The van der Waals surface area contributed by atoms with E-state index >= 15 is 0 Å². The molecule has 0 spiro atoms. The van der Waals surface area contributed by atoms with Gasteiger partial charge in [-0.05, 0) is 61.8 Å². The van der Waals surface area contributed by atoms with Crippen LogP contribution in [0.25, 0.3) is 10.2 Å². The van der Waals surface area contributed by atoms with E-state index in [-0.39, 0.29) is 17.9 Å². The van der Waals surface area contributed by atoms with E-state index in [4.69, 9.17) is 22.2 Å². The molecule has 4 rings (SSSR count). The molecule has 2 aromatic heterocycles. The Balaban J connectivity index is 1.59. The van der Waals surface area contributed by atoms with Gasteiger partial charge in [0.2, 0.25) is 11.8 Å².